The Hall–Kier alpha value is -1.53. The zero-order valence-electron chi connectivity index (χ0n) is 8.62. The number of hydrogen-bond acceptors (Lipinski definition) is 3. The van der Waals surface area contributed by atoms with Crippen molar-refractivity contribution < 1.29 is 22.7 Å². The number of nitrogens with zero attached hydrogens (tertiary/aromatic N) is 2. The third-order valence-electron chi connectivity index (χ3n) is 1.67. The predicted octanol–water partition coefficient (Wildman–Crippen LogP) is 1.55. The van der Waals surface area contributed by atoms with Crippen molar-refractivity contribution in [2.75, 3.05) is 6.61 Å². The first-order valence-electron chi connectivity index (χ1n) is 4.65. The van der Waals surface area contributed by atoms with Crippen molar-refractivity contribution in [2.24, 2.45) is 0 Å². The standard InChI is InChI=1S/C9H11F3N2O2/c1-2-16-8(15)5-7-3-4-14(13-7)6-9(10,11)12/h3-4H,2,5-6H2,1H3. The van der Waals surface area contributed by atoms with E-state index >= 15 is 0 Å². The van der Waals surface area contributed by atoms with Gasteiger partial charge in [-0.3, -0.25) is 9.48 Å². The van der Waals surface area contributed by atoms with E-state index in [1.165, 1.54) is 12.3 Å². The number of carbonyl (C=O) groups is 1. The first-order valence-corrected chi connectivity index (χ1v) is 4.65. The van der Waals surface area contributed by atoms with Crippen LogP contribution in [0.1, 0.15) is 12.6 Å². The number of ether oxygens (including phenoxy) is 1. The Kier molecular flexibility index (Phi) is 3.92. The summed E-state index contributed by atoms with van der Waals surface area (Å²) in [5.74, 6) is -0.500. The van der Waals surface area contributed by atoms with Crippen molar-refractivity contribution in [2.45, 2.75) is 26.1 Å². The minimum Gasteiger partial charge on any atom is -0.466 e. The van der Waals surface area contributed by atoms with Gasteiger partial charge < -0.3 is 4.74 Å². The molecule has 16 heavy (non-hydrogen) atoms. The minimum absolute atomic E-state index is 0.112. The molecule has 4 nitrogen and oxygen atoms in total. The Balaban J connectivity index is 2.55. The quantitative estimate of drug-likeness (QED) is 0.745. The van der Waals surface area contributed by atoms with Crippen LogP contribution in [0.15, 0.2) is 12.3 Å². The van der Waals surface area contributed by atoms with Gasteiger partial charge in [-0.25, -0.2) is 0 Å². The van der Waals surface area contributed by atoms with E-state index in [0.717, 1.165) is 4.68 Å². The van der Waals surface area contributed by atoms with Crippen LogP contribution in [0.4, 0.5) is 13.2 Å². The molecule has 0 radical (unpaired) electrons. The summed E-state index contributed by atoms with van der Waals surface area (Å²) in [5.41, 5.74) is 0.266. The molecule has 0 bridgehead atoms. The topological polar surface area (TPSA) is 44.1 Å². The first kappa shape index (κ1) is 12.5. The molecule has 90 valence electrons. The summed E-state index contributed by atoms with van der Waals surface area (Å²) in [7, 11) is 0. The van der Waals surface area contributed by atoms with Gasteiger partial charge in [-0.15, -0.1) is 0 Å². The minimum atomic E-state index is -4.31. The zero-order valence-corrected chi connectivity index (χ0v) is 8.62. The van der Waals surface area contributed by atoms with Crippen molar-refractivity contribution in [1.29, 1.82) is 0 Å². The molecule has 0 fully saturated rings. The zero-order chi connectivity index (χ0) is 12.2. The summed E-state index contributed by atoms with van der Waals surface area (Å²) < 4.78 is 41.3. The number of halogens is 3. The van der Waals surface area contributed by atoms with E-state index in [2.05, 4.69) is 9.84 Å². The lowest BCUT2D eigenvalue weighted by Gasteiger charge is -2.05. The third-order valence-corrected chi connectivity index (χ3v) is 1.67. The van der Waals surface area contributed by atoms with Gasteiger partial charge in [0.05, 0.1) is 18.7 Å². The Morgan fingerprint density at radius 2 is 2.25 bits per heavy atom. The second-order valence-corrected chi connectivity index (χ2v) is 3.10. The smallest absolute Gasteiger partial charge is 0.408 e. The van der Waals surface area contributed by atoms with Gasteiger partial charge in [0.2, 0.25) is 0 Å². The largest absolute Gasteiger partial charge is 0.466 e. The number of rotatable bonds is 4. The van der Waals surface area contributed by atoms with Gasteiger partial charge in [0.15, 0.2) is 0 Å². The van der Waals surface area contributed by atoms with Crippen LogP contribution < -0.4 is 0 Å². The van der Waals surface area contributed by atoms with Crippen LogP contribution in [-0.4, -0.2) is 28.5 Å². The first-order chi connectivity index (χ1) is 7.40. The van der Waals surface area contributed by atoms with Gasteiger partial charge in [-0.1, -0.05) is 0 Å². The van der Waals surface area contributed by atoms with Crippen molar-refractivity contribution in [3.63, 3.8) is 0 Å². The molecule has 0 saturated carbocycles. The van der Waals surface area contributed by atoms with Gasteiger partial charge in [0, 0.05) is 6.20 Å². The molecular formula is C9H11F3N2O2. The highest BCUT2D eigenvalue weighted by Crippen LogP contribution is 2.16. The molecule has 0 amide bonds. The Morgan fingerprint density at radius 1 is 1.56 bits per heavy atom. The lowest BCUT2D eigenvalue weighted by Crippen LogP contribution is -2.18. The summed E-state index contributed by atoms with van der Waals surface area (Å²) in [5, 5.41) is 3.61. The molecule has 0 aliphatic rings. The van der Waals surface area contributed by atoms with E-state index < -0.39 is 18.7 Å². The van der Waals surface area contributed by atoms with Gasteiger partial charge in [0.25, 0.3) is 0 Å². The third kappa shape index (κ3) is 4.33. The predicted molar refractivity (Wildman–Crippen MR) is 48.6 cm³/mol. The van der Waals surface area contributed by atoms with Crippen LogP contribution in [0.25, 0.3) is 0 Å². The second kappa shape index (κ2) is 5.00. The average molecular weight is 236 g/mol. The molecule has 0 aliphatic heterocycles. The number of esters is 1. The highest BCUT2D eigenvalue weighted by atomic mass is 19.4. The molecule has 1 aromatic rings. The summed E-state index contributed by atoms with van der Waals surface area (Å²) in [6, 6.07) is 1.36. The number of alkyl halides is 3. The SMILES string of the molecule is CCOC(=O)Cc1ccn(CC(F)(F)F)n1. The highest BCUT2D eigenvalue weighted by Gasteiger charge is 2.28. The van der Waals surface area contributed by atoms with Crippen molar-refractivity contribution >= 4 is 5.97 Å². The number of hydrogen-bond donors (Lipinski definition) is 0. The monoisotopic (exact) mass is 236 g/mol. The van der Waals surface area contributed by atoms with E-state index in [4.69, 9.17) is 0 Å². The molecule has 0 unspecified atom stereocenters. The summed E-state index contributed by atoms with van der Waals surface area (Å²) in [4.78, 5) is 11.0. The van der Waals surface area contributed by atoms with E-state index in [1.54, 1.807) is 6.92 Å². The van der Waals surface area contributed by atoms with Gasteiger partial charge in [-0.05, 0) is 13.0 Å². The van der Waals surface area contributed by atoms with Crippen LogP contribution in [-0.2, 0) is 22.5 Å². The fourth-order valence-electron chi connectivity index (χ4n) is 1.13. The van der Waals surface area contributed by atoms with Gasteiger partial charge in [0.1, 0.15) is 6.54 Å². The van der Waals surface area contributed by atoms with Crippen molar-refractivity contribution in [3.05, 3.63) is 18.0 Å². The molecule has 0 saturated heterocycles. The molecule has 1 aromatic heterocycles. The van der Waals surface area contributed by atoms with Crippen LogP contribution in [0, 0.1) is 0 Å². The summed E-state index contributed by atoms with van der Waals surface area (Å²) in [6.45, 7) is 0.734. The lowest BCUT2D eigenvalue weighted by atomic mass is 10.3. The van der Waals surface area contributed by atoms with E-state index in [1.807, 2.05) is 0 Å². The summed E-state index contributed by atoms with van der Waals surface area (Å²) in [6.07, 6.45) is -3.24. The maximum absolute atomic E-state index is 12.0. The molecule has 0 N–H and O–H groups in total. The van der Waals surface area contributed by atoms with Gasteiger partial charge in [-0.2, -0.15) is 18.3 Å². The maximum atomic E-state index is 12.0. The Bertz CT molecular complexity index is 360. The number of aromatic nitrogens is 2. The van der Waals surface area contributed by atoms with E-state index in [0.29, 0.717) is 0 Å². The molecule has 0 aliphatic carbocycles. The Labute approximate surface area is 90.0 Å². The molecular weight excluding hydrogens is 225 g/mol. The van der Waals surface area contributed by atoms with Crippen molar-refractivity contribution in [1.82, 2.24) is 9.78 Å². The Morgan fingerprint density at radius 3 is 2.81 bits per heavy atom. The molecule has 0 atom stereocenters. The van der Waals surface area contributed by atoms with E-state index in [9.17, 15) is 18.0 Å². The van der Waals surface area contributed by atoms with E-state index in [-0.39, 0.29) is 18.7 Å². The molecule has 7 heteroatoms. The molecule has 0 aromatic carbocycles. The van der Waals surface area contributed by atoms with Crippen LogP contribution in [0.5, 0.6) is 0 Å². The normalized spacial score (nSPS) is 11.5. The van der Waals surface area contributed by atoms with Crippen LogP contribution in [0.3, 0.4) is 0 Å². The van der Waals surface area contributed by atoms with Gasteiger partial charge >= 0.3 is 12.1 Å². The maximum Gasteiger partial charge on any atom is 0.408 e. The molecule has 1 rings (SSSR count). The highest BCUT2D eigenvalue weighted by molar-refractivity contribution is 5.71. The van der Waals surface area contributed by atoms with Crippen molar-refractivity contribution in [3.8, 4) is 0 Å². The van der Waals surface area contributed by atoms with Crippen LogP contribution >= 0.6 is 0 Å². The van der Waals surface area contributed by atoms with Crippen LogP contribution in [0.2, 0.25) is 0 Å². The lowest BCUT2D eigenvalue weighted by molar-refractivity contribution is -0.142. The second-order valence-electron chi connectivity index (χ2n) is 3.10. The molecule has 1 heterocycles. The fourth-order valence-corrected chi connectivity index (χ4v) is 1.13. The average Bonchev–Trinajstić information content (AvgIpc) is 2.49. The fraction of sp³-hybridized carbons (Fsp3) is 0.556. The summed E-state index contributed by atoms with van der Waals surface area (Å²) >= 11 is 0. The number of carbonyl (C=O) groups excluding carboxylic acids is 1. The molecule has 0 spiro atoms.